The summed E-state index contributed by atoms with van der Waals surface area (Å²) >= 11 is 5.94. The number of nitrogens with two attached hydrogens (primary N) is 1. The second kappa shape index (κ2) is 4.08. The number of amides is 1. The molecule has 0 unspecified atom stereocenters. The first-order valence-electron chi connectivity index (χ1n) is 4.68. The summed E-state index contributed by atoms with van der Waals surface area (Å²) in [5.74, 6) is 4.69. The van der Waals surface area contributed by atoms with Gasteiger partial charge in [0, 0.05) is 16.6 Å². The molecule has 0 aliphatic rings. The van der Waals surface area contributed by atoms with Crippen molar-refractivity contribution in [2.24, 2.45) is 5.84 Å². The number of hydrogen-bond donors (Lipinski definition) is 2. The highest BCUT2D eigenvalue weighted by atomic mass is 35.5. The van der Waals surface area contributed by atoms with Crippen LogP contribution in [-0.4, -0.2) is 10.9 Å². The van der Waals surface area contributed by atoms with E-state index >= 15 is 0 Å². The number of aryl methyl sites for hydroxylation is 1. The lowest BCUT2D eigenvalue weighted by molar-refractivity contribution is 0.0953. The fraction of sp³-hybridized carbons (Fsp3) is 0.0909. The average Bonchev–Trinajstić information content (AvgIpc) is 2.27. The molecule has 0 aliphatic carbocycles. The first kappa shape index (κ1) is 10.9. The molecule has 0 saturated carbocycles. The molecular weight excluding hydrogens is 226 g/mol. The minimum atomic E-state index is -0.368. The monoisotopic (exact) mass is 235 g/mol. The Balaban J connectivity index is 2.66. The van der Waals surface area contributed by atoms with Crippen LogP contribution in [0.3, 0.4) is 0 Å². The highest BCUT2D eigenvalue weighted by molar-refractivity contribution is 6.31. The number of carbonyl (C=O) groups is 1. The van der Waals surface area contributed by atoms with Crippen molar-refractivity contribution in [2.45, 2.75) is 6.92 Å². The molecule has 0 bridgehead atoms. The van der Waals surface area contributed by atoms with Gasteiger partial charge in [-0.3, -0.25) is 15.2 Å². The van der Waals surface area contributed by atoms with E-state index in [0.717, 1.165) is 16.5 Å². The van der Waals surface area contributed by atoms with Crippen molar-refractivity contribution in [2.75, 3.05) is 0 Å². The molecule has 0 saturated heterocycles. The van der Waals surface area contributed by atoms with Gasteiger partial charge in [-0.1, -0.05) is 11.6 Å². The number of benzene rings is 1. The molecule has 3 N–H and O–H groups in total. The van der Waals surface area contributed by atoms with E-state index < -0.39 is 0 Å². The molecular formula is C11H10ClN3O. The number of fused-ring (bicyclic) bond motifs is 1. The molecule has 0 aliphatic heterocycles. The van der Waals surface area contributed by atoms with Crippen LogP contribution in [0.25, 0.3) is 10.9 Å². The Kier molecular flexibility index (Phi) is 2.77. The molecule has 82 valence electrons. The van der Waals surface area contributed by atoms with Crippen molar-refractivity contribution in [3.05, 3.63) is 40.5 Å². The minimum absolute atomic E-state index is 0.368. The Bertz CT molecular complexity index is 568. The van der Waals surface area contributed by atoms with Gasteiger partial charge in [0.2, 0.25) is 0 Å². The summed E-state index contributed by atoms with van der Waals surface area (Å²) in [4.78, 5) is 15.5. The largest absolute Gasteiger partial charge is 0.290 e. The van der Waals surface area contributed by atoms with Gasteiger partial charge < -0.3 is 0 Å². The van der Waals surface area contributed by atoms with Crippen molar-refractivity contribution in [3.63, 3.8) is 0 Å². The predicted octanol–water partition coefficient (Wildman–Crippen LogP) is 1.80. The number of carbonyl (C=O) groups excluding carboxylic acids is 1. The Morgan fingerprint density at radius 1 is 1.44 bits per heavy atom. The smallest absolute Gasteiger partial charge is 0.266 e. The predicted molar refractivity (Wildman–Crippen MR) is 63.1 cm³/mol. The van der Waals surface area contributed by atoms with Crippen LogP contribution >= 0.6 is 11.6 Å². The van der Waals surface area contributed by atoms with Crippen molar-refractivity contribution >= 4 is 28.4 Å². The van der Waals surface area contributed by atoms with Crippen molar-refractivity contribution < 1.29 is 4.79 Å². The summed E-state index contributed by atoms with van der Waals surface area (Å²) in [6, 6.07) is 5.31. The molecule has 2 aromatic rings. The van der Waals surface area contributed by atoms with Crippen LogP contribution in [0.2, 0.25) is 5.02 Å². The van der Waals surface area contributed by atoms with Gasteiger partial charge in [0.1, 0.15) is 0 Å². The lowest BCUT2D eigenvalue weighted by atomic mass is 10.1. The number of pyridine rings is 1. The van der Waals surface area contributed by atoms with Crippen molar-refractivity contribution in [3.8, 4) is 0 Å². The van der Waals surface area contributed by atoms with E-state index in [4.69, 9.17) is 17.4 Å². The van der Waals surface area contributed by atoms with E-state index in [9.17, 15) is 4.79 Å². The zero-order valence-corrected chi connectivity index (χ0v) is 9.38. The third kappa shape index (κ3) is 1.85. The highest BCUT2D eigenvalue weighted by Gasteiger charge is 2.07. The van der Waals surface area contributed by atoms with E-state index in [1.54, 1.807) is 12.1 Å². The maximum absolute atomic E-state index is 11.3. The summed E-state index contributed by atoms with van der Waals surface area (Å²) < 4.78 is 0. The maximum atomic E-state index is 11.3. The van der Waals surface area contributed by atoms with Crippen LogP contribution in [0.1, 0.15) is 15.9 Å². The Labute approximate surface area is 97.4 Å². The van der Waals surface area contributed by atoms with Gasteiger partial charge in [-0.25, -0.2) is 5.84 Å². The Morgan fingerprint density at radius 2 is 2.19 bits per heavy atom. The lowest BCUT2D eigenvalue weighted by Gasteiger charge is -2.04. The third-order valence-electron chi connectivity index (χ3n) is 2.33. The van der Waals surface area contributed by atoms with E-state index in [1.165, 1.54) is 6.20 Å². The number of rotatable bonds is 1. The molecule has 0 fully saturated rings. The van der Waals surface area contributed by atoms with Crippen LogP contribution in [0.15, 0.2) is 24.4 Å². The van der Waals surface area contributed by atoms with Gasteiger partial charge in [-0.05, 0) is 30.7 Å². The number of hydrogen-bond acceptors (Lipinski definition) is 3. The fourth-order valence-electron chi connectivity index (χ4n) is 1.59. The molecule has 1 aromatic heterocycles. The quantitative estimate of drug-likeness (QED) is 0.450. The number of aromatic nitrogens is 1. The zero-order valence-electron chi connectivity index (χ0n) is 8.62. The summed E-state index contributed by atoms with van der Waals surface area (Å²) in [6.45, 7) is 1.92. The summed E-state index contributed by atoms with van der Waals surface area (Å²) in [6.07, 6.45) is 1.49. The van der Waals surface area contributed by atoms with Crippen LogP contribution < -0.4 is 11.3 Å². The van der Waals surface area contributed by atoms with E-state index in [0.29, 0.717) is 10.6 Å². The van der Waals surface area contributed by atoms with Crippen LogP contribution in [0, 0.1) is 6.92 Å². The Hall–Kier alpha value is -1.65. The number of halogens is 1. The lowest BCUT2D eigenvalue weighted by Crippen LogP contribution is -2.30. The Morgan fingerprint density at radius 3 is 2.88 bits per heavy atom. The van der Waals surface area contributed by atoms with Gasteiger partial charge in [-0.15, -0.1) is 0 Å². The number of nitrogen functional groups attached to an aromatic ring is 1. The molecule has 2 rings (SSSR count). The van der Waals surface area contributed by atoms with Crippen LogP contribution in [0.4, 0.5) is 0 Å². The third-order valence-corrected chi connectivity index (χ3v) is 2.55. The second-order valence-corrected chi connectivity index (χ2v) is 3.93. The van der Waals surface area contributed by atoms with Gasteiger partial charge in [0.05, 0.1) is 11.1 Å². The SMILES string of the molecule is Cc1cc(Cl)cc2cc(C(=O)NN)cnc12. The molecule has 16 heavy (non-hydrogen) atoms. The van der Waals surface area contributed by atoms with E-state index in [1.807, 2.05) is 13.0 Å². The normalized spacial score (nSPS) is 10.4. The van der Waals surface area contributed by atoms with E-state index in [-0.39, 0.29) is 5.91 Å². The summed E-state index contributed by atoms with van der Waals surface area (Å²) in [7, 11) is 0. The fourth-order valence-corrected chi connectivity index (χ4v) is 1.88. The summed E-state index contributed by atoms with van der Waals surface area (Å²) in [5.41, 5.74) is 4.28. The van der Waals surface area contributed by atoms with Gasteiger partial charge in [0.15, 0.2) is 0 Å². The molecule has 0 spiro atoms. The second-order valence-electron chi connectivity index (χ2n) is 3.49. The molecule has 4 nitrogen and oxygen atoms in total. The first-order valence-corrected chi connectivity index (χ1v) is 5.06. The maximum Gasteiger partial charge on any atom is 0.266 e. The number of hydrazine groups is 1. The van der Waals surface area contributed by atoms with Crippen molar-refractivity contribution in [1.29, 1.82) is 0 Å². The minimum Gasteiger partial charge on any atom is -0.290 e. The molecule has 0 radical (unpaired) electrons. The number of nitrogens with zero attached hydrogens (tertiary/aromatic N) is 1. The standard InChI is InChI=1S/C11H10ClN3O/c1-6-2-9(12)4-7-3-8(11(16)15-13)5-14-10(6)7/h2-5H,13H2,1H3,(H,15,16). The zero-order chi connectivity index (χ0) is 11.7. The molecule has 1 aromatic carbocycles. The average molecular weight is 236 g/mol. The van der Waals surface area contributed by atoms with Crippen molar-refractivity contribution in [1.82, 2.24) is 10.4 Å². The number of nitrogens with one attached hydrogen (secondary N) is 1. The highest BCUT2D eigenvalue weighted by Crippen LogP contribution is 2.22. The van der Waals surface area contributed by atoms with Gasteiger partial charge in [-0.2, -0.15) is 0 Å². The molecule has 5 heteroatoms. The first-order chi connectivity index (χ1) is 7.61. The van der Waals surface area contributed by atoms with Crippen LogP contribution in [-0.2, 0) is 0 Å². The summed E-state index contributed by atoms with van der Waals surface area (Å²) in [5, 5.41) is 1.45. The molecule has 1 heterocycles. The van der Waals surface area contributed by atoms with Gasteiger partial charge >= 0.3 is 0 Å². The topological polar surface area (TPSA) is 68.0 Å². The van der Waals surface area contributed by atoms with Crippen LogP contribution in [0.5, 0.6) is 0 Å². The van der Waals surface area contributed by atoms with E-state index in [2.05, 4.69) is 10.4 Å². The molecule has 0 atom stereocenters. The molecule has 1 amide bonds. The van der Waals surface area contributed by atoms with Gasteiger partial charge in [0.25, 0.3) is 5.91 Å².